The molecule has 0 saturated carbocycles. The van der Waals surface area contributed by atoms with E-state index < -0.39 is 5.54 Å². The van der Waals surface area contributed by atoms with Crippen molar-refractivity contribution in [3.05, 3.63) is 86.0 Å². The van der Waals surface area contributed by atoms with E-state index in [1.165, 1.54) is 0 Å². The fraction of sp³-hybridized carbons (Fsp3) is 0.227. The predicted octanol–water partition coefficient (Wildman–Crippen LogP) is 6.08. The standard InChI is InChI=1S/C22H19Cl2NO2S/c1-2-27-21(26)22(17-9-10-28-14-17)12-16-5-3-4-6-20(16)25(22)13-15-7-8-18(23)19(24)11-15/h3-11,14H,2,12-13H2,1H3. The van der Waals surface area contributed by atoms with E-state index in [2.05, 4.69) is 17.0 Å². The molecule has 0 spiro atoms. The second-order valence-corrected chi connectivity index (χ2v) is 8.33. The van der Waals surface area contributed by atoms with Gasteiger partial charge in [0, 0.05) is 18.7 Å². The van der Waals surface area contributed by atoms with Gasteiger partial charge in [-0.3, -0.25) is 0 Å². The molecular formula is C22H19Cl2NO2S. The van der Waals surface area contributed by atoms with Gasteiger partial charge in [-0.15, -0.1) is 0 Å². The van der Waals surface area contributed by atoms with Crippen molar-refractivity contribution in [1.29, 1.82) is 0 Å². The maximum absolute atomic E-state index is 13.3. The Bertz CT molecular complexity index is 1010. The van der Waals surface area contributed by atoms with Gasteiger partial charge in [0.05, 0.1) is 16.7 Å². The number of ether oxygens (including phenoxy) is 1. The van der Waals surface area contributed by atoms with Crippen LogP contribution in [0.15, 0.2) is 59.3 Å². The number of hydrogen-bond acceptors (Lipinski definition) is 4. The summed E-state index contributed by atoms with van der Waals surface area (Å²) >= 11 is 13.9. The molecule has 3 nitrogen and oxygen atoms in total. The molecule has 3 aromatic rings. The second kappa shape index (κ2) is 7.78. The number of halogens is 2. The maximum atomic E-state index is 13.3. The molecule has 2 aromatic carbocycles. The van der Waals surface area contributed by atoms with Gasteiger partial charge in [-0.2, -0.15) is 11.3 Å². The van der Waals surface area contributed by atoms with Gasteiger partial charge >= 0.3 is 5.97 Å². The minimum atomic E-state index is -0.897. The van der Waals surface area contributed by atoms with Gasteiger partial charge in [0.15, 0.2) is 5.54 Å². The lowest BCUT2D eigenvalue weighted by Gasteiger charge is -2.38. The highest BCUT2D eigenvalue weighted by Crippen LogP contribution is 2.47. The van der Waals surface area contributed by atoms with Crippen molar-refractivity contribution in [3.63, 3.8) is 0 Å². The van der Waals surface area contributed by atoms with Crippen LogP contribution in [0.25, 0.3) is 0 Å². The Hall–Kier alpha value is -2.01. The molecule has 2 heterocycles. The van der Waals surface area contributed by atoms with Gasteiger partial charge in [0.1, 0.15) is 0 Å². The number of carbonyl (C=O) groups is 1. The van der Waals surface area contributed by atoms with Crippen molar-refractivity contribution in [1.82, 2.24) is 0 Å². The molecular weight excluding hydrogens is 413 g/mol. The lowest BCUT2D eigenvalue weighted by molar-refractivity contribution is -0.150. The third-order valence-corrected chi connectivity index (χ3v) is 6.55. The Morgan fingerprint density at radius 3 is 2.71 bits per heavy atom. The molecule has 0 saturated heterocycles. The molecule has 1 aliphatic heterocycles. The summed E-state index contributed by atoms with van der Waals surface area (Å²) in [5.74, 6) is -0.232. The average Bonchev–Trinajstić information content (AvgIpc) is 3.32. The number of esters is 1. The van der Waals surface area contributed by atoms with E-state index in [1.54, 1.807) is 17.4 Å². The van der Waals surface area contributed by atoms with Crippen LogP contribution in [-0.2, 0) is 28.0 Å². The van der Waals surface area contributed by atoms with Crippen molar-refractivity contribution in [2.45, 2.75) is 25.4 Å². The molecule has 28 heavy (non-hydrogen) atoms. The number of carbonyl (C=O) groups excluding carboxylic acids is 1. The molecule has 144 valence electrons. The van der Waals surface area contributed by atoms with E-state index in [1.807, 2.05) is 48.0 Å². The number of anilines is 1. The van der Waals surface area contributed by atoms with Crippen LogP contribution in [0.3, 0.4) is 0 Å². The smallest absolute Gasteiger partial charge is 0.337 e. The summed E-state index contributed by atoms with van der Waals surface area (Å²) in [5.41, 5.74) is 3.20. The summed E-state index contributed by atoms with van der Waals surface area (Å²) < 4.78 is 5.57. The van der Waals surface area contributed by atoms with Gasteiger partial charge in [0.2, 0.25) is 0 Å². The van der Waals surface area contributed by atoms with Crippen molar-refractivity contribution in [2.24, 2.45) is 0 Å². The molecule has 6 heteroatoms. The Labute approximate surface area is 178 Å². The number of rotatable bonds is 5. The topological polar surface area (TPSA) is 29.5 Å². The van der Waals surface area contributed by atoms with Gasteiger partial charge in [-0.1, -0.05) is 47.5 Å². The molecule has 1 atom stereocenters. The molecule has 0 aliphatic carbocycles. The number of benzene rings is 2. The molecule has 1 unspecified atom stereocenters. The largest absolute Gasteiger partial charge is 0.464 e. The Kier molecular flexibility index (Phi) is 5.37. The van der Waals surface area contributed by atoms with Crippen molar-refractivity contribution in [2.75, 3.05) is 11.5 Å². The van der Waals surface area contributed by atoms with E-state index >= 15 is 0 Å². The minimum Gasteiger partial charge on any atom is -0.464 e. The van der Waals surface area contributed by atoms with E-state index in [4.69, 9.17) is 27.9 Å². The number of hydrogen-bond donors (Lipinski definition) is 0. The summed E-state index contributed by atoms with van der Waals surface area (Å²) in [6.45, 7) is 2.69. The first kappa shape index (κ1) is 19.3. The van der Waals surface area contributed by atoms with E-state index in [9.17, 15) is 4.79 Å². The van der Waals surface area contributed by atoms with Crippen LogP contribution >= 0.6 is 34.5 Å². The molecule has 1 aliphatic rings. The third kappa shape index (κ3) is 3.20. The first-order valence-electron chi connectivity index (χ1n) is 9.05. The third-order valence-electron chi connectivity index (χ3n) is 5.13. The maximum Gasteiger partial charge on any atom is 0.337 e. The summed E-state index contributed by atoms with van der Waals surface area (Å²) in [4.78, 5) is 15.5. The number of thiophene rings is 1. The highest BCUT2D eigenvalue weighted by Gasteiger charge is 2.52. The average molecular weight is 432 g/mol. The molecule has 1 aromatic heterocycles. The quantitative estimate of drug-likeness (QED) is 0.458. The summed E-state index contributed by atoms with van der Waals surface area (Å²) in [7, 11) is 0. The van der Waals surface area contributed by atoms with E-state index in [0.717, 1.165) is 22.4 Å². The fourth-order valence-corrected chi connectivity index (χ4v) is 4.89. The van der Waals surface area contributed by atoms with Gasteiger partial charge < -0.3 is 9.64 Å². The zero-order chi connectivity index (χ0) is 19.7. The molecule has 0 amide bonds. The zero-order valence-electron chi connectivity index (χ0n) is 15.3. The molecule has 0 radical (unpaired) electrons. The predicted molar refractivity (Wildman–Crippen MR) is 115 cm³/mol. The van der Waals surface area contributed by atoms with Crippen molar-refractivity contribution < 1.29 is 9.53 Å². The summed E-state index contributed by atoms with van der Waals surface area (Å²) in [6.07, 6.45) is 0.570. The lowest BCUT2D eigenvalue weighted by Crippen LogP contribution is -2.51. The highest BCUT2D eigenvalue weighted by molar-refractivity contribution is 7.08. The first-order chi connectivity index (χ1) is 13.6. The van der Waals surface area contributed by atoms with Gasteiger partial charge in [-0.05, 0) is 58.6 Å². The molecule has 0 bridgehead atoms. The fourth-order valence-electron chi connectivity index (χ4n) is 3.85. The molecule has 4 rings (SSSR count). The monoisotopic (exact) mass is 431 g/mol. The minimum absolute atomic E-state index is 0.232. The van der Waals surface area contributed by atoms with E-state index in [-0.39, 0.29) is 5.97 Å². The first-order valence-corrected chi connectivity index (χ1v) is 10.8. The normalized spacial score (nSPS) is 18.2. The number of fused-ring (bicyclic) bond motifs is 1. The zero-order valence-corrected chi connectivity index (χ0v) is 17.7. The molecule has 0 fully saturated rings. The Morgan fingerprint density at radius 2 is 2.00 bits per heavy atom. The van der Waals surface area contributed by atoms with Crippen LogP contribution < -0.4 is 4.90 Å². The van der Waals surface area contributed by atoms with Gasteiger partial charge in [0.25, 0.3) is 0 Å². The van der Waals surface area contributed by atoms with Crippen LogP contribution in [0.1, 0.15) is 23.6 Å². The van der Waals surface area contributed by atoms with Crippen LogP contribution in [0.2, 0.25) is 10.0 Å². The van der Waals surface area contributed by atoms with Crippen LogP contribution in [0.5, 0.6) is 0 Å². The summed E-state index contributed by atoms with van der Waals surface area (Å²) in [6, 6.07) is 15.7. The van der Waals surface area contributed by atoms with Crippen molar-refractivity contribution in [3.8, 4) is 0 Å². The Balaban J connectivity index is 1.86. The Morgan fingerprint density at radius 1 is 1.18 bits per heavy atom. The number of nitrogens with zero attached hydrogens (tertiary/aromatic N) is 1. The van der Waals surface area contributed by atoms with Crippen LogP contribution in [-0.4, -0.2) is 12.6 Å². The van der Waals surface area contributed by atoms with Crippen LogP contribution in [0.4, 0.5) is 5.69 Å². The van der Waals surface area contributed by atoms with Crippen LogP contribution in [0, 0.1) is 0 Å². The highest BCUT2D eigenvalue weighted by atomic mass is 35.5. The summed E-state index contributed by atoms with van der Waals surface area (Å²) in [5, 5.41) is 5.05. The number of para-hydroxylation sites is 1. The SMILES string of the molecule is CCOC(=O)C1(c2ccsc2)Cc2ccccc2N1Cc1ccc(Cl)c(Cl)c1. The second-order valence-electron chi connectivity index (χ2n) is 6.73. The lowest BCUT2D eigenvalue weighted by atomic mass is 9.87. The van der Waals surface area contributed by atoms with Crippen molar-refractivity contribution >= 4 is 46.2 Å². The molecule has 0 N–H and O–H groups in total. The van der Waals surface area contributed by atoms with Gasteiger partial charge in [-0.25, -0.2) is 4.79 Å². The van der Waals surface area contributed by atoms with E-state index in [0.29, 0.717) is 29.6 Å².